The predicted molar refractivity (Wildman–Crippen MR) is 95.1 cm³/mol. The number of ether oxygens (including phenoxy) is 1. The van der Waals surface area contributed by atoms with E-state index in [4.69, 9.17) is 4.74 Å². The van der Waals surface area contributed by atoms with Gasteiger partial charge in [0.05, 0.1) is 13.2 Å². The fourth-order valence-corrected chi connectivity index (χ4v) is 2.41. The molecule has 0 bridgehead atoms. The van der Waals surface area contributed by atoms with Gasteiger partial charge in [0.25, 0.3) is 0 Å². The second-order valence-corrected chi connectivity index (χ2v) is 5.61. The summed E-state index contributed by atoms with van der Waals surface area (Å²) >= 11 is 0. The predicted octanol–water partition coefficient (Wildman–Crippen LogP) is 1.95. The molecule has 1 unspecified atom stereocenters. The summed E-state index contributed by atoms with van der Waals surface area (Å²) in [6, 6.07) is 6.22. The van der Waals surface area contributed by atoms with Crippen LogP contribution in [0.2, 0.25) is 0 Å². The number of hydrogen-bond donors (Lipinski definition) is 2. The van der Waals surface area contributed by atoms with Crippen LogP contribution in [-0.4, -0.2) is 34.4 Å². The first-order chi connectivity index (χ1) is 11.5. The number of rotatable bonds is 6. The van der Waals surface area contributed by atoms with E-state index >= 15 is 0 Å². The van der Waals surface area contributed by atoms with E-state index < -0.39 is 0 Å². The molecule has 0 aliphatic rings. The van der Waals surface area contributed by atoms with E-state index in [1.165, 1.54) is 11.9 Å². The molecule has 1 aromatic carbocycles. The molecule has 2 rings (SSSR count). The highest BCUT2D eigenvalue weighted by molar-refractivity contribution is 5.80. The fraction of sp³-hybridized carbons (Fsp3) is 0.471. The third kappa shape index (κ3) is 4.47. The van der Waals surface area contributed by atoms with Crippen LogP contribution in [0.1, 0.15) is 36.8 Å². The summed E-state index contributed by atoms with van der Waals surface area (Å²) in [7, 11) is 3.55. The van der Waals surface area contributed by atoms with Gasteiger partial charge in [-0.15, -0.1) is 0 Å². The first-order valence-corrected chi connectivity index (χ1v) is 8.07. The molecule has 0 aliphatic carbocycles. The van der Waals surface area contributed by atoms with Crippen molar-refractivity contribution in [3.63, 3.8) is 0 Å². The van der Waals surface area contributed by atoms with Gasteiger partial charge >= 0.3 is 0 Å². The zero-order valence-electron chi connectivity index (χ0n) is 15.0. The highest BCUT2D eigenvalue weighted by atomic mass is 16.5. The molecule has 1 heterocycles. The zero-order valence-corrected chi connectivity index (χ0v) is 15.0. The van der Waals surface area contributed by atoms with Crippen molar-refractivity contribution < 1.29 is 4.74 Å². The molecular weight excluding hydrogens is 304 g/mol. The standard InChI is InChI=1S/C17H26N6O/c1-6-18-17(19-10-16-20-11-21-23(16)4)22-13(3)14-9-12(2)7-8-15(14)24-5/h7-9,11,13H,6,10H2,1-5H3,(H2,18,19,22). The maximum Gasteiger partial charge on any atom is 0.192 e. The number of nitrogens with one attached hydrogen (secondary N) is 2. The van der Waals surface area contributed by atoms with Crippen LogP contribution < -0.4 is 15.4 Å². The molecule has 2 N–H and O–H groups in total. The molecule has 130 valence electrons. The Hall–Kier alpha value is -2.57. The van der Waals surface area contributed by atoms with Gasteiger partial charge in [-0.1, -0.05) is 17.7 Å². The lowest BCUT2D eigenvalue weighted by Gasteiger charge is -2.20. The van der Waals surface area contributed by atoms with E-state index in [1.807, 2.05) is 26.1 Å². The SMILES string of the molecule is CCNC(=NCc1ncnn1C)NC(C)c1cc(C)ccc1OC. The van der Waals surface area contributed by atoms with Gasteiger partial charge in [-0.3, -0.25) is 4.68 Å². The van der Waals surface area contributed by atoms with Gasteiger partial charge in [-0.2, -0.15) is 5.10 Å². The maximum atomic E-state index is 5.48. The van der Waals surface area contributed by atoms with Gasteiger partial charge in [-0.25, -0.2) is 9.98 Å². The number of aromatic nitrogens is 3. The third-order valence-corrected chi connectivity index (χ3v) is 3.73. The van der Waals surface area contributed by atoms with Gasteiger partial charge < -0.3 is 15.4 Å². The lowest BCUT2D eigenvalue weighted by Crippen LogP contribution is -2.38. The van der Waals surface area contributed by atoms with Crippen molar-refractivity contribution in [3.8, 4) is 5.75 Å². The number of nitrogens with zero attached hydrogens (tertiary/aromatic N) is 4. The van der Waals surface area contributed by atoms with Crippen LogP contribution in [-0.2, 0) is 13.6 Å². The van der Waals surface area contributed by atoms with Crippen molar-refractivity contribution in [2.24, 2.45) is 12.0 Å². The van der Waals surface area contributed by atoms with Gasteiger partial charge in [-0.05, 0) is 26.8 Å². The molecule has 0 fully saturated rings. The summed E-state index contributed by atoms with van der Waals surface area (Å²) < 4.78 is 7.20. The quantitative estimate of drug-likeness (QED) is 0.625. The second-order valence-electron chi connectivity index (χ2n) is 5.61. The summed E-state index contributed by atoms with van der Waals surface area (Å²) in [5, 5.41) is 10.7. The molecule has 24 heavy (non-hydrogen) atoms. The molecule has 0 saturated heterocycles. The topological polar surface area (TPSA) is 76.4 Å². The van der Waals surface area contributed by atoms with Crippen LogP contribution in [0.15, 0.2) is 29.5 Å². The van der Waals surface area contributed by atoms with Gasteiger partial charge in [0, 0.05) is 19.2 Å². The molecule has 0 spiro atoms. The summed E-state index contributed by atoms with van der Waals surface area (Å²) in [6.45, 7) is 7.44. The highest BCUT2D eigenvalue weighted by Crippen LogP contribution is 2.25. The van der Waals surface area contributed by atoms with E-state index in [0.29, 0.717) is 6.54 Å². The molecule has 1 aromatic heterocycles. The van der Waals surface area contributed by atoms with Crippen LogP contribution in [0.3, 0.4) is 0 Å². The van der Waals surface area contributed by atoms with Crippen molar-refractivity contribution in [3.05, 3.63) is 41.5 Å². The number of aliphatic imine (C=N–C) groups is 1. The number of methoxy groups -OCH3 is 1. The Labute approximate surface area is 143 Å². The fourth-order valence-electron chi connectivity index (χ4n) is 2.41. The Kier molecular flexibility index (Phi) is 6.17. The first-order valence-electron chi connectivity index (χ1n) is 8.07. The van der Waals surface area contributed by atoms with Crippen LogP contribution in [0.5, 0.6) is 5.75 Å². The highest BCUT2D eigenvalue weighted by Gasteiger charge is 2.13. The summed E-state index contributed by atoms with van der Waals surface area (Å²) in [5.74, 6) is 2.41. The van der Waals surface area contributed by atoms with Crippen molar-refractivity contribution in [1.29, 1.82) is 0 Å². The van der Waals surface area contributed by atoms with Crippen LogP contribution in [0, 0.1) is 6.92 Å². The number of hydrogen-bond acceptors (Lipinski definition) is 4. The van der Waals surface area contributed by atoms with E-state index in [0.717, 1.165) is 29.6 Å². The lowest BCUT2D eigenvalue weighted by atomic mass is 10.0. The van der Waals surface area contributed by atoms with Crippen LogP contribution in [0.4, 0.5) is 0 Å². The average Bonchev–Trinajstić information content (AvgIpc) is 2.97. The zero-order chi connectivity index (χ0) is 17.5. The molecule has 0 amide bonds. The Morgan fingerprint density at radius 1 is 1.42 bits per heavy atom. The molecule has 7 nitrogen and oxygen atoms in total. The smallest absolute Gasteiger partial charge is 0.192 e. The minimum Gasteiger partial charge on any atom is -0.496 e. The van der Waals surface area contributed by atoms with Crippen molar-refractivity contribution in [1.82, 2.24) is 25.4 Å². The third-order valence-electron chi connectivity index (χ3n) is 3.73. The normalized spacial score (nSPS) is 12.8. The van der Waals surface area contributed by atoms with Gasteiger partial charge in [0.15, 0.2) is 5.96 Å². The minimum absolute atomic E-state index is 0.0529. The van der Waals surface area contributed by atoms with Crippen LogP contribution >= 0.6 is 0 Å². The lowest BCUT2D eigenvalue weighted by molar-refractivity contribution is 0.405. The molecule has 0 radical (unpaired) electrons. The molecule has 7 heteroatoms. The average molecular weight is 330 g/mol. The Bertz CT molecular complexity index is 694. The summed E-state index contributed by atoms with van der Waals surface area (Å²) in [5.41, 5.74) is 2.29. The molecule has 0 saturated carbocycles. The monoisotopic (exact) mass is 330 g/mol. The first kappa shape index (κ1) is 17.8. The Balaban J connectivity index is 2.15. The van der Waals surface area contributed by atoms with E-state index in [1.54, 1.807) is 11.8 Å². The molecule has 1 atom stereocenters. The largest absolute Gasteiger partial charge is 0.496 e. The van der Waals surface area contributed by atoms with Crippen molar-refractivity contribution in [2.45, 2.75) is 33.4 Å². The summed E-state index contributed by atoms with van der Waals surface area (Å²) in [6.07, 6.45) is 1.53. The van der Waals surface area contributed by atoms with Gasteiger partial charge in [0.2, 0.25) is 0 Å². The minimum atomic E-state index is 0.0529. The Morgan fingerprint density at radius 3 is 2.83 bits per heavy atom. The Morgan fingerprint density at radius 2 is 2.21 bits per heavy atom. The second kappa shape index (κ2) is 8.33. The van der Waals surface area contributed by atoms with Gasteiger partial charge in [0.1, 0.15) is 24.4 Å². The van der Waals surface area contributed by atoms with E-state index in [-0.39, 0.29) is 6.04 Å². The number of benzene rings is 1. The van der Waals surface area contributed by atoms with E-state index in [9.17, 15) is 0 Å². The maximum absolute atomic E-state index is 5.48. The van der Waals surface area contributed by atoms with Crippen molar-refractivity contribution >= 4 is 5.96 Å². The molecular formula is C17H26N6O. The summed E-state index contributed by atoms with van der Waals surface area (Å²) in [4.78, 5) is 8.78. The molecule has 2 aromatic rings. The molecule has 0 aliphatic heterocycles. The number of guanidine groups is 1. The van der Waals surface area contributed by atoms with E-state index in [2.05, 4.69) is 45.6 Å². The van der Waals surface area contributed by atoms with Crippen LogP contribution in [0.25, 0.3) is 0 Å². The van der Waals surface area contributed by atoms with Crippen molar-refractivity contribution in [2.75, 3.05) is 13.7 Å². The number of aryl methyl sites for hydroxylation is 2.